The maximum atomic E-state index is 8.84. The van der Waals surface area contributed by atoms with Crippen molar-refractivity contribution in [1.82, 2.24) is 0 Å². The van der Waals surface area contributed by atoms with Crippen LogP contribution in [0.1, 0.15) is 6.92 Å². The Morgan fingerprint density at radius 3 is 3.00 bits per heavy atom. The number of rotatable bonds is 4. The number of aliphatic hydroxyl groups is 1. The van der Waals surface area contributed by atoms with E-state index in [1.807, 2.05) is 25.3 Å². The topological polar surface area (TPSA) is 38.7 Å². The van der Waals surface area contributed by atoms with E-state index in [0.29, 0.717) is 6.61 Å². The monoisotopic (exact) mass is 204 g/mol. The first-order valence-electron chi connectivity index (χ1n) is 4.29. The Bertz CT molecular complexity index is 184. The van der Waals surface area contributed by atoms with Crippen LogP contribution >= 0.6 is 11.8 Å². The quantitative estimate of drug-likeness (QED) is 0.694. The molecule has 76 valence electrons. The average Bonchev–Trinajstić information content (AvgIpc) is 2.49. The van der Waals surface area contributed by atoms with Crippen molar-refractivity contribution in [2.75, 3.05) is 25.2 Å². The molecule has 1 aliphatic rings. The van der Waals surface area contributed by atoms with Crippen LogP contribution in [0.2, 0.25) is 0 Å². The van der Waals surface area contributed by atoms with Crippen molar-refractivity contribution < 1.29 is 14.6 Å². The average molecular weight is 204 g/mol. The minimum Gasteiger partial charge on any atom is -0.394 e. The van der Waals surface area contributed by atoms with Crippen LogP contribution in [0.5, 0.6) is 0 Å². The van der Waals surface area contributed by atoms with Gasteiger partial charge in [-0.3, -0.25) is 0 Å². The molecule has 0 aromatic rings. The number of hydrogen-bond donors (Lipinski definition) is 1. The fourth-order valence-corrected chi connectivity index (χ4v) is 1.48. The molecule has 1 N–H and O–H groups in total. The molecule has 0 aromatic heterocycles. The molecule has 1 aliphatic heterocycles. The van der Waals surface area contributed by atoms with Gasteiger partial charge in [-0.1, -0.05) is 6.08 Å². The van der Waals surface area contributed by atoms with Crippen LogP contribution in [0.4, 0.5) is 0 Å². The summed E-state index contributed by atoms with van der Waals surface area (Å²) in [6.07, 6.45) is 5.78. The Morgan fingerprint density at radius 2 is 2.46 bits per heavy atom. The third kappa shape index (κ3) is 3.31. The highest BCUT2D eigenvalue weighted by Gasteiger charge is 2.34. The van der Waals surface area contributed by atoms with Crippen LogP contribution in [0.3, 0.4) is 0 Å². The van der Waals surface area contributed by atoms with Crippen molar-refractivity contribution in [3.05, 3.63) is 12.2 Å². The predicted octanol–water partition coefficient (Wildman–Crippen LogP) is 1.03. The van der Waals surface area contributed by atoms with Crippen LogP contribution in [-0.2, 0) is 9.47 Å². The van der Waals surface area contributed by atoms with E-state index >= 15 is 0 Å². The largest absolute Gasteiger partial charge is 0.394 e. The SMILES string of the molecule is CSCC=CC1(C)OCC(CO)O1. The van der Waals surface area contributed by atoms with Crippen molar-refractivity contribution in [1.29, 1.82) is 0 Å². The molecule has 1 rings (SSSR count). The first kappa shape index (κ1) is 11.0. The molecule has 2 atom stereocenters. The Hall–Kier alpha value is -0.0300. The molecule has 0 amide bonds. The lowest BCUT2D eigenvalue weighted by molar-refractivity contribution is -0.118. The molecule has 3 nitrogen and oxygen atoms in total. The molecule has 1 fully saturated rings. The van der Waals surface area contributed by atoms with E-state index in [2.05, 4.69) is 0 Å². The Labute approximate surface area is 83.1 Å². The van der Waals surface area contributed by atoms with Gasteiger partial charge < -0.3 is 14.6 Å². The summed E-state index contributed by atoms with van der Waals surface area (Å²) in [7, 11) is 0. The summed E-state index contributed by atoms with van der Waals surface area (Å²) < 4.78 is 10.9. The molecule has 0 saturated carbocycles. The van der Waals surface area contributed by atoms with Crippen molar-refractivity contribution in [2.24, 2.45) is 0 Å². The summed E-state index contributed by atoms with van der Waals surface area (Å²) in [5, 5.41) is 8.84. The van der Waals surface area contributed by atoms with Gasteiger partial charge in [0.1, 0.15) is 6.10 Å². The van der Waals surface area contributed by atoms with Gasteiger partial charge in [-0.05, 0) is 19.3 Å². The van der Waals surface area contributed by atoms with Gasteiger partial charge in [-0.15, -0.1) is 0 Å². The lowest BCUT2D eigenvalue weighted by Crippen LogP contribution is -2.24. The normalized spacial score (nSPS) is 34.5. The van der Waals surface area contributed by atoms with E-state index < -0.39 is 5.79 Å². The van der Waals surface area contributed by atoms with Crippen molar-refractivity contribution >= 4 is 11.8 Å². The lowest BCUT2D eigenvalue weighted by Gasteiger charge is -2.18. The number of thioether (sulfide) groups is 1. The van der Waals surface area contributed by atoms with Crippen LogP contribution in [0, 0.1) is 0 Å². The molecule has 0 aromatic carbocycles. The molecule has 0 bridgehead atoms. The number of hydrogen-bond acceptors (Lipinski definition) is 4. The standard InChI is InChI=1S/C9H16O3S/c1-9(4-3-5-13-2)11-7-8(6-10)12-9/h3-4,8,10H,5-7H2,1-2H3. The van der Waals surface area contributed by atoms with E-state index in [9.17, 15) is 0 Å². The predicted molar refractivity (Wildman–Crippen MR) is 53.8 cm³/mol. The zero-order valence-corrected chi connectivity index (χ0v) is 8.84. The molecule has 4 heteroatoms. The number of ether oxygens (including phenoxy) is 2. The second-order valence-corrected chi connectivity index (χ2v) is 4.02. The van der Waals surface area contributed by atoms with E-state index in [1.165, 1.54) is 0 Å². The second-order valence-electron chi connectivity index (χ2n) is 3.11. The van der Waals surface area contributed by atoms with E-state index in [0.717, 1.165) is 5.75 Å². The molecule has 13 heavy (non-hydrogen) atoms. The Morgan fingerprint density at radius 1 is 1.69 bits per heavy atom. The highest BCUT2D eigenvalue weighted by atomic mass is 32.2. The fraction of sp³-hybridized carbons (Fsp3) is 0.778. The highest BCUT2D eigenvalue weighted by Crippen LogP contribution is 2.24. The zero-order chi connectivity index (χ0) is 9.73. The van der Waals surface area contributed by atoms with Crippen molar-refractivity contribution in [3.8, 4) is 0 Å². The molecule has 1 heterocycles. The van der Waals surface area contributed by atoms with Gasteiger partial charge in [0.15, 0.2) is 5.79 Å². The first-order valence-corrected chi connectivity index (χ1v) is 5.69. The van der Waals surface area contributed by atoms with Gasteiger partial charge >= 0.3 is 0 Å². The first-order chi connectivity index (χ1) is 6.20. The minimum absolute atomic E-state index is 0.0198. The van der Waals surface area contributed by atoms with Crippen LogP contribution < -0.4 is 0 Å². The molecule has 2 unspecified atom stereocenters. The summed E-state index contributed by atoms with van der Waals surface area (Å²) in [6, 6.07) is 0. The zero-order valence-electron chi connectivity index (χ0n) is 8.03. The molecular weight excluding hydrogens is 188 g/mol. The van der Waals surface area contributed by atoms with Crippen LogP contribution in [0.25, 0.3) is 0 Å². The maximum absolute atomic E-state index is 8.84. The number of aliphatic hydroxyl groups excluding tert-OH is 1. The third-order valence-corrected chi connectivity index (χ3v) is 2.37. The van der Waals surface area contributed by atoms with Crippen LogP contribution in [0.15, 0.2) is 12.2 Å². The van der Waals surface area contributed by atoms with Crippen molar-refractivity contribution in [2.45, 2.75) is 18.8 Å². The molecule has 0 aliphatic carbocycles. The summed E-state index contributed by atoms with van der Waals surface area (Å²) in [4.78, 5) is 0. The summed E-state index contributed by atoms with van der Waals surface area (Å²) in [5.74, 6) is 0.315. The van der Waals surface area contributed by atoms with Gasteiger partial charge in [-0.2, -0.15) is 11.8 Å². The maximum Gasteiger partial charge on any atom is 0.185 e. The van der Waals surface area contributed by atoms with Gasteiger partial charge in [0, 0.05) is 5.75 Å². The van der Waals surface area contributed by atoms with E-state index in [1.54, 1.807) is 11.8 Å². The van der Waals surface area contributed by atoms with Crippen molar-refractivity contribution in [3.63, 3.8) is 0 Å². The fourth-order valence-electron chi connectivity index (χ4n) is 1.19. The van der Waals surface area contributed by atoms with Crippen LogP contribution in [-0.4, -0.2) is 42.2 Å². The smallest absolute Gasteiger partial charge is 0.185 e. The summed E-state index contributed by atoms with van der Waals surface area (Å²) in [6.45, 7) is 2.35. The van der Waals surface area contributed by atoms with Gasteiger partial charge in [0.05, 0.1) is 13.2 Å². The Balaban J connectivity index is 2.39. The van der Waals surface area contributed by atoms with Gasteiger partial charge in [0.25, 0.3) is 0 Å². The third-order valence-electron chi connectivity index (χ3n) is 1.84. The molecule has 0 radical (unpaired) electrons. The Kier molecular flexibility index (Phi) is 4.25. The molecular formula is C9H16O3S. The molecule has 0 spiro atoms. The molecule has 1 saturated heterocycles. The second kappa shape index (κ2) is 5.00. The summed E-state index contributed by atoms with van der Waals surface area (Å²) >= 11 is 1.74. The van der Waals surface area contributed by atoms with Gasteiger partial charge in [0.2, 0.25) is 0 Å². The summed E-state index contributed by atoms with van der Waals surface area (Å²) in [5.41, 5.74) is 0. The van der Waals surface area contributed by atoms with Gasteiger partial charge in [-0.25, -0.2) is 0 Å². The highest BCUT2D eigenvalue weighted by molar-refractivity contribution is 7.98. The lowest BCUT2D eigenvalue weighted by atomic mass is 10.3. The van der Waals surface area contributed by atoms with E-state index in [4.69, 9.17) is 14.6 Å². The van der Waals surface area contributed by atoms with E-state index in [-0.39, 0.29) is 12.7 Å². The minimum atomic E-state index is -0.636.